The Hall–Kier alpha value is -1.26. The second-order valence-corrected chi connectivity index (χ2v) is 2.62. The van der Waals surface area contributed by atoms with E-state index in [1.165, 1.54) is 6.92 Å². The minimum absolute atomic E-state index is 0.287. The summed E-state index contributed by atoms with van der Waals surface area (Å²) in [6.45, 7) is 2.18. The summed E-state index contributed by atoms with van der Waals surface area (Å²) in [4.78, 5) is 16.2. The molecule has 0 radical (unpaired) electrons. The van der Waals surface area contributed by atoms with Crippen molar-refractivity contribution in [1.82, 2.24) is 9.97 Å². The van der Waals surface area contributed by atoms with Crippen LogP contribution in [0.3, 0.4) is 0 Å². The van der Waals surface area contributed by atoms with E-state index in [0.29, 0.717) is 6.92 Å². The number of aromatic nitrogens is 2. The normalized spacial score (nSPS) is 11.7. The lowest BCUT2D eigenvalue weighted by Crippen LogP contribution is -2.19. The van der Waals surface area contributed by atoms with Gasteiger partial charge in [0.1, 0.15) is 0 Å². The van der Waals surface area contributed by atoms with Crippen molar-refractivity contribution >= 4 is 0 Å². The second kappa shape index (κ2) is 2.66. The third kappa shape index (κ3) is 1.87. The summed E-state index contributed by atoms with van der Waals surface area (Å²) in [5, 5.41) is 0. The lowest BCUT2D eigenvalue weighted by molar-refractivity contribution is 0.00725. The van der Waals surface area contributed by atoms with Gasteiger partial charge in [0.25, 0.3) is 5.56 Å². The van der Waals surface area contributed by atoms with Crippen LogP contribution in [0.5, 0.6) is 0 Å². The SMILES string of the molecule is Cc1cc(=O)[nH]c(C(C)(F)F)n1. The zero-order chi connectivity index (χ0) is 9.35. The topological polar surface area (TPSA) is 45.8 Å². The van der Waals surface area contributed by atoms with Crippen LogP contribution in [0, 0.1) is 6.92 Å². The van der Waals surface area contributed by atoms with Crippen molar-refractivity contribution in [2.24, 2.45) is 0 Å². The highest BCUT2D eigenvalue weighted by Crippen LogP contribution is 2.21. The molecule has 0 bridgehead atoms. The van der Waals surface area contributed by atoms with Crippen molar-refractivity contribution in [2.75, 3.05) is 0 Å². The Morgan fingerprint density at radius 2 is 2.17 bits per heavy atom. The van der Waals surface area contributed by atoms with Crippen LogP contribution in [0.15, 0.2) is 10.9 Å². The number of alkyl halides is 2. The largest absolute Gasteiger partial charge is 0.305 e. The van der Waals surface area contributed by atoms with E-state index in [0.717, 1.165) is 6.07 Å². The van der Waals surface area contributed by atoms with E-state index < -0.39 is 17.3 Å². The van der Waals surface area contributed by atoms with E-state index in [9.17, 15) is 13.6 Å². The van der Waals surface area contributed by atoms with Gasteiger partial charge >= 0.3 is 5.92 Å². The molecule has 1 rings (SSSR count). The van der Waals surface area contributed by atoms with Crippen molar-refractivity contribution in [3.63, 3.8) is 0 Å². The fourth-order valence-electron chi connectivity index (χ4n) is 0.787. The van der Waals surface area contributed by atoms with Crippen molar-refractivity contribution in [3.05, 3.63) is 27.9 Å². The zero-order valence-corrected chi connectivity index (χ0v) is 6.69. The summed E-state index contributed by atoms with van der Waals surface area (Å²) >= 11 is 0. The second-order valence-electron chi connectivity index (χ2n) is 2.62. The van der Waals surface area contributed by atoms with Crippen LogP contribution < -0.4 is 5.56 Å². The molecule has 1 N–H and O–H groups in total. The molecule has 3 nitrogen and oxygen atoms in total. The van der Waals surface area contributed by atoms with Crippen LogP contribution in [0.4, 0.5) is 8.78 Å². The zero-order valence-electron chi connectivity index (χ0n) is 6.69. The van der Waals surface area contributed by atoms with Crippen LogP contribution in [0.2, 0.25) is 0 Å². The fourth-order valence-corrected chi connectivity index (χ4v) is 0.787. The van der Waals surface area contributed by atoms with Gasteiger partial charge in [-0.3, -0.25) is 4.79 Å². The molecular weight excluding hydrogens is 166 g/mol. The van der Waals surface area contributed by atoms with Gasteiger partial charge in [0, 0.05) is 18.7 Å². The Bertz CT molecular complexity index is 340. The maximum absolute atomic E-state index is 12.6. The molecule has 66 valence electrons. The van der Waals surface area contributed by atoms with Gasteiger partial charge < -0.3 is 4.98 Å². The minimum atomic E-state index is -3.09. The number of H-pyrrole nitrogens is 1. The lowest BCUT2D eigenvalue weighted by atomic mass is 10.3. The summed E-state index contributed by atoms with van der Waals surface area (Å²) in [6.07, 6.45) is 0. The van der Waals surface area contributed by atoms with E-state index in [1.807, 2.05) is 4.98 Å². The molecule has 0 aliphatic heterocycles. The molecule has 0 aliphatic rings. The number of nitrogens with one attached hydrogen (secondary N) is 1. The van der Waals surface area contributed by atoms with Crippen molar-refractivity contribution in [2.45, 2.75) is 19.8 Å². The first kappa shape index (κ1) is 8.83. The standard InChI is InChI=1S/C7H8F2N2O/c1-4-3-5(12)11-6(10-4)7(2,8)9/h3H,1-2H3,(H,10,11,12). The average Bonchev–Trinajstić information content (AvgIpc) is 1.82. The molecular formula is C7H8F2N2O. The fraction of sp³-hybridized carbons (Fsp3) is 0.429. The monoisotopic (exact) mass is 174 g/mol. The van der Waals surface area contributed by atoms with Crippen LogP contribution >= 0.6 is 0 Å². The first-order chi connectivity index (χ1) is 5.39. The average molecular weight is 174 g/mol. The maximum Gasteiger partial charge on any atom is 0.302 e. The van der Waals surface area contributed by atoms with Gasteiger partial charge in [-0.05, 0) is 6.92 Å². The molecule has 0 atom stereocenters. The predicted molar refractivity (Wildman–Crippen MR) is 39.2 cm³/mol. The summed E-state index contributed by atoms with van der Waals surface area (Å²) in [7, 11) is 0. The maximum atomic E-state index is 12.6. The first-order valence-corrected chi connectivity index (χ1v) is 3.36. The van der Waals surface area contributed by atoms with Gasteiger partial charge in [-0.15, -0.1) is 0 Å². The molecule has 1 heterocycles. The Morgan fingerprint density at radius 1 is 1.58 bits per heavy atom. The molecule has 0 unspecified atom stereocenters. The van der Waals surface area contributed by atoms with Crippen LogP contribution in [-0.4, -0.2) is 9.97 Å². The summed E-state index contributed by atoms with van der Waals surface area (Å²) < 4.78 is 25.2. The molecule has 0 saturated carbocycles. The predicted octanol–water partition coefficient (Wildman–Crippen LogP) is 1.19. The van der Waals surface area contributed by atoms with E-state index in [1.54, 1.807) is 0 Å². The lowest BCUT2D eigenvalue weighted by Gasteiger charge is -2.08. The highest BCUT2D eigenvalue weighted by atomic mass is 19.3. The molecule has 0 saturated heterocycles. The summed E-state index contributed by atoms with van der Waals surface area (Å²) in [6, 6.07) is 1.16. The highest BCUT2D eigenvalue weighted by molar-refractivity contribution is 5.03. The molecule has 0 aromatic carbocycles. The third-order valence-electron chi connectivity index (χ3n) is 1.29. The Morgan fingerprint density at radius 3 is 2.58 bits per heavy atom. The van der Waals surface area contributed by atoms with Crippen LogP contribution in [0.1, 0.15) is 18.4 Å². The van der Waals surface area contributed by atoms with E-state index in [4.69, 9.17) is 0 Å². The van der Waals surface area contributed by atoms with Gasteiger partial charge in [-0.2, -0.15) is 8.78 Å². The number of halogens is 2. The van der Waals surface area contributed by atoms with E-state index >= 15 is 0 Å². The number of aryl methyl sites for hydroxylation is 1. The third-order valence-corrected chi connectivity index (χ3v) is 1.29. The highest BCUT2D eigenvalue weighted by Gasteiger charge is 2.27. The van der Waals surface area contributed by atoms with Gasteiger partial charge in [0.2, 0.25) is 0 Å². The number of rotatable bonds is 1. The molecule has 0 amide bonds. The molecule has 0 fully saturated rings. The molecule has 5 heteroatoms. The number of hydrogen-bond acceptors (Lipinski definition) is 2. The van der Waals surface area contributed by atoms with Crippen LogP contribution in [0.25, 0.3) is 0 Å². The Labute approximate surface area is 67.5 Å². The molecule has 12 heavy (non-hydrogen) atoms. The van der Waals surface area contributed by atoms with Gasteiger partial charge in [0.05, 0.1) is 0 Å². The van der Waals surface area contributed by atoms with Gasteiger partial charge in [-0.1, -0.05) is 0 Å². The van der Waals surface area contributed by atoms with Crippen molar-refractivity contribution in [3.8, 4) is 0 Å². The van der Waals surface area contributed by atoms with Gasteiger partial charge in [-0.25, -0.2) is 4.98 Å². The number of aromatic amines is 1. The van der Waals surface area contributed by atoms with E-state index in [2.05, 4.69) is 4.98 Å². The first-order valence-electron chi connectivity index (χ1n) is 3.36. The van der Waals surface area contributed by atoms with Crippen LogP contribution in [-0.2, 0) is 5.92 Å². The number of hydrogen-bond donors (Lipinski definition) is 1. The van der Waals surface area contributed by atoms with Crippen molar-refractivity contribution in [1.29, 1.82) is 0 Å². The summed E-state index contributed by atoms with van der Waals surface area (Å²) in [5.74, 6) is -3.68. The molecule has 1 aromatic heterocycles. The smallest absolute Gasteiger partial charge is 0.302 e. The van der Waals surface area contributed by atoms with E-state index in [-0.39, 0.29) is 5.69 Å². The minimum Gasteiger partial charge on any atom is -0.305 e. The molecule has 1 aromatic rings. The quantitative estimate of drug-likeness (QED) is 0.695. The Kier molecular flexibility index (Phi) is 1.95. The molecule has 0 spiro atoms. The summed E-state index contributed by atoms with van der Waals surface area (Å²) in [5.41, 5.74) is -0.269. The number of nitrogens with zero attached hydrogens (tertiary/aromatic N) is 1. The van der Waals surface area contributed by atoms with Crippen molar-refractivity contribution < 1.29 is 8.78 Å². The van der Waals surface area contributed by atoms with Gasteiger partial charge in [0.15, 0.2) is 5.82 Å². The Balaban J connectivity index is 3.27. The molecule has 0 aliphatic carbocycles.